The van der Waals surface area contributed by atoms with E-state index in [0.29, 0.717) is 30.2 Å². The number of carbonyl (C=O) groups is 1. The molecular formula is C21H20BrClN4O4S. The third kappa shape index (κ3) is 5.20. The second-order valence-electron chi connectivity index (χ2n) is 7.40. The van der Waals surface area contributed by atoms with Gasteiger partial charge < -0.3 is 9.84 Å². The average Bonchev–Trinajstić information content (AvgIpc) is 3.27. The maximum atomic E-state index is 12.9. The summed E-state index contributed by atoms with van der Waals surface area (Å²) in [6.07, 6.45) is 1.20. The Hall–Kier alpha value is -2.27. The highest BCUT2D eigenvalue weighted by molar-refractivity contribution is 9.10. The van der Waals surface area contributed by atoms with Crippen LogP contribution in [0.1, 0.15) is 18.7 Å². The number of sulfonamides is 1. The smallest absolute Gasteiger partial charge is 0.246 e. The highest BCUT2D eigenvalue weighted by Gasteiger charge is 2.33. The zero-order valence-corrected chi connectivity index (χ0v) is 20.0. The summed E-state index contributed by atoms with van der Waals surface area (Å²) >= 11 is 9.26. The van der Waals surface area contributed by atoms with Gasteiger partial charge in [0.15, 0.2) is 0 Å². The number of hydrogen-bond acceptors (Lipinski definition) is 6. The van der Waals surface area contributed by atoms with E-state index in [1.165, 1.54) is 28.6 Å². The van der Waals surface area contributed by atoms with Crippen LogP contribution in [-0.4, -0.2) is 41.9 Å². The lowest BCUT2D eigenvalue weighted by Gasteiger charge is -2.31. The molecule has 11 heteroatoms. The number of rotatable bonds is 6. The fraction of sp³-hybridized carbons (Fsp3) is 0.286. The van der Waals surface area contributed by atoms with Crippen LogP contribution in [0.2, 0.25) is 5.02 Å². The number of piperidine rings is 1. The molecule has 1 amide bonds. The van der Waals surface area contributed by atoms with E-state index in [2.05, 4.69) is 31.4 Å². The number of halogens is 2. The molecule has 8 nitrogen and oxygen atoms in total. The molecule has 2 heterocycles. The van der Waals surface area contributed by atoms with Crippen LogP contribution in [0.3, 0.4) is 0 Å². The second-order valence-corrected chi connectivity index (χ2v) is 10.7. The lowest BCUT2D eigenvalue weighted by atomic mass is 9.99. The van der Waals surface area contributed by atoms with Gasteiger partial charge in [-0.25, -0.2) is 8.42 Å². The number of carbonyl (C=O) groups excluding carboxylic acids is 1. The fourth-order valence-corrected chi connectivity index (χ4v) is 5.56. The summed E-state index contributed by atoms with van der Waals surface area (Å²) in [5.74, 6) is -0.00951. The predicted molar refractivity (Wildman–Crippen MR) is 122 cm³/mol. The molecule has 1 saturated heterocycles. The van der Waals surface area contributed by atoms with E-state index in [9.17, 15) is 13.2 Å². The first kappa shape index (κ1) is 22.9. The Kier molecular flexibility index (Phi) is 6.94. The van der Waals surface area contributed by atoms with Crippen LogP contribution in [0.5, 0.6) is 0 Å². The summed E-state index contributed by atoms with van der Waals surface area (Å²) < 4.78 is 33.3. The van der Waals surface area contributed by atoms with Gasteiger partial charge >= 0.3 is 0 Å². The van der Waals surface area contributed by atoms with Gasteiger partial charge in [-0.15, -0.1) is 0 Å². The molecule has 1 atom stereocenters. The van der Waals surface area contributed by atoms with Crippen LogP contribution in [0.15, 0.2) is 62.4 Å². The van der Waals surface area contributed by atoms with Crippen LogP contribution in [0.4, 0.5) is 0 Å². The van der Waals surface area contributed by atoms with Gasteiger partial charge in [-0.1, -0.05) is 44.8 Å². The molecule has 0 bridgehead atoms. The molecular weight excluding hydrogens is 520 g/mol. The van der Waals surface area contributed by atoms with Crippen molar-refractivity contribution in [1.29, 1.82) is 0 Å². The first-order valence-electron chi connectivity index (χ1n) is 9.95. The minimum Gasteiger partial charge on any atom is -0.347 e. The number of nitrogens with zero attached hydrogens (tertiary/aromatic N) is 3. The predicted octanol–water partition coefficient (Wildman–Crippen LogP) is 3.87. The minimum atomic E-state index is -3.69. The molecule has 32 heavy (non-hydrogen) atoms. The summed E-state index contributed by atoms with van der Waals surface area (Å²) in [7, 11) is -3.69. The third-order valence-electron chi connectivity index (χ3n) is 5.17. The molecule has 168 valence electrons. The quantitative estimate of drug-likeness (QED) is 0.510. The molecule has 1 N–H and O–H groups in total. The third-order valence-corrected chi connectivity index (χ3v) is 7.80. The van der Waals surface area contributed by atoms with Crippen LogP contribution >= 0.6 is 27.5 Å². The van der Waals surface area contributed by atoms with Gasteiger partial charge in [0.1, 0.15) is 0 Å². The van der Waals surface area contributed by atoms with Crippen molar-refractivity contribution in [3.63, 3.8) is 0 Å². The summed E-state index contributed by atoms with van der Waals surface area (Å²) in [5.41, 5.74) is 0.788. The zero-order valence-electron chi connectivity index (χ0n) is 16.9. The Morgan fingerprint density at radius 1 is 1.25 bits per heavy atom. The molecule has 2 aromatic carbocycles. The van der Waals surface area contributed by atoms with E-state index < -0.39 is 15.9 Å². The van der Waals surface area contributed by atoms with Gasteiger partial charge in [0.25, 0.3) is 0 Å². The molecule has 1 fully saturated rings. The molecule has 4 rings (SSSR count). The monoisotopic (exact) mass is 538 g/mol. The van der Waals surface area contributed by atoms with Gasteiger partial charge in [-0.05, 0) is 49.2 Å². The van der Waals surface area contributed by atoms with Crippen molar-refractivity contribution in [3.8, 4) is 11.4 Å². The molecule has 1 aromatic heterocycles. The first-order chi connectivity index (χ1) is 15.3. The van der Waals surface area contributed by atoms with E-state index >= 15 is 0 Å². The number of amides is 1. The van der Waals surface area contributed by atoms with Gasteiger partial charge in [0.05, 0.1) is 17.4 Å². The molecule has 3 aromatic rings. The average molecular weight is 540 g/mol. The maximum Gasteiger partial charge on any atom is 0.246 e. The lowest BCUT2D eigenvalue weighted by molar-refractivity contribution is -0.126. The van der Waals surface area contributed by atoms with Crippen molar-refractivity contribution in [2.75, 3.05) is 13.1 Å². The van der Waals surface area contributed by atoms with Crippen LogP contribution in [-0.2, 0) is 21.4 Å². The summed E-state index contributed by atoms with van der Waals surface area (Å²) in [6, 6.07) is 13.5. The van der Waals surface area contributed by atoms with Gasteiger partial charge in [-0.2, -0.15) is 9.29 Å². The molecule has 1 aliphatic heterocycles. The Labute approximate surface area is 199 Å². The van der Waals surface area contributed by atoms with Crippen LogP contribution < -0.4 is 5.32 Å². The molecule has 0 aliphatic carbocycles. The molecule has 0 radical (unpaired) electrons. The number of hydrogen-bond donors (Lipinski definition) is 1. The Bertz CT molecular complexity index is 1220. The van der Waals surface area contributed by atoms with Gasteiger partial charge in [0.2, 0.25) is 27.6 Å². The van der Waals surface area contributed by atoms with Crippen molar-refractivity contribution in [2.24, 2.45) is 5.92 Å². The topological polar surface area (TPSA) is 105 Å². The van der Waals surface area contributed by atoms with Crippen molar-refractivity contribution in [1.82, 2.24) is 19.8 Å². The Morgan fingerprint density at radius 3 is 2.78 bits per heavy atom. The normalized spacial score (nSPS) is 17.2. The number of aromatic nitrogens is 2. The summed E-state index contributed by atoms with van der Waals surface area (Å²) in [6.45, 7) is 0.554. The van der Waals surface area contributed by atoms with E-state index in [4.69, 9.17) is 16.1 Å². The minimum absolute atomic E-state index is 0.0697. The number of nitrogens with one attached hydrogen (secondary N) is 1. The zero-order chi connectivity index (χ0) is 22.7. The van der Waals surface area contributed by atoms with Crippen molar-refractivity contribution >= 4 is 43.5 Å². The van der Waals surface area contributed by atoms with E-state index in [1.807, 2.05) is 24.3 Å². The highest BCUT2D eigenvalue weighted by atomic mass is 79.9. The van der Waals surface area contributed by atoms with Crippen LogP contribution in [0, 0.1) is 5.92 Å². The number of benzene rings is 2. The van der Waals surface area contributed by atoms with Crippen molar-refractivity contribution < 1.29 is 17.7 Å². The molecule has 0 spiro atoms. The lowest BCUT2D eigenvalue weighted by Crippen LogP contribution is -2.45. The van der Waals surface area contributed by atoms with Gasteiger partial charge in [-0.3, -0.25) is 4.79 Å². The molecule has 1 aliphatic rings. The SMILES string of the molecule is O=C(NCc1nc(-c2cccc(Br)c2)no1)[C@H]1CCCN(S(=O)(=O)c2ccc(Cl)cc2)C1. The Balaban J connectivity index is 1.37. The Morgan fingerprint density at radius 2 is 2.03 bits per heavy atom. The van der Waals surface area contributed by atoms with Crippen molar-refractivity contribution in [2.45, 2.75) is 24.3 Å². The first-order valence-corrected chi connectivity index (χ1v) is 12.6. The van der Waals surface area contributed by atoms with Crippen molar-refractivity contribution in [3.05, 3.63) is 63.9 Å². The largest absolute Gasteiger partial charge is 0.347 e. The van der Waals surface area contributed by atoms with Gasteiger partial charge in [0, 0.05) is 28.1 Å². The van der Waals surface area contributed by atoms with Crippen LogP contribution in [0.25, 0.3) is 11.4 Å². The van der Waals surface area contributed by atoms with E-state index in [0.717, 1.165) is 10.0 Å². The maximum absolute atomic E-state index is 12.9. The molecule has 0 unspecified atom stereocenters. The fourth-order valence-electron chi connectivity index (χ4n) is 3.51. The standard InChI is InChI=1S/C21H20BrClN4O4S/c22-16-5-1-3-14(11-16)20-25-19(31-26-20)12-24-21(28)15-4-2-10-27(13-15)32(29,30)18-8-6-17(23)7-9-18/h1,3,5-9,11,15H,2,4,10,12-13H2,(H,24,28)/t15-/m0/s1. The van der Waals surface area contributed by atoms with E-state index in [-0.39, 0.29) is 29.8 Å². The summed E-state index contributed by atoms with van der Waals surface area (Å²) in [5, 5.41) is 7.19. The van der Waals surface area contributed by atoms with E-state index in [1.54, 1.807) is 0 Å². The summed E-state index contributed by atoms with van der Waals surface area (Å²) in [4.78, 5) is 17.2. The second kappa shape index (κ2) is 9.70. The molecule has 0 saturated carbocycles. The highest BCUT2D eigenvalue weighted by Crippen LogP contribution is 2.25.